The quantitative estimate of drug-likeness (QED) is 0.861. The predicted molar refractivity (Wildman–Crippen MR) is 82.8 cm³/mol. The van der Waals surface area contributed by atoms with Crippen LogP contribution < -0.4 is 11.2 Å². The lowest BCUT2D eigenvalue weighted by molar-refractivity contribution is 0.570. The molecule has 0 atom stereocenters. The van der Waals surface area contributed by atoms with Crippen LogP contribution in [0.2, 0.25) is 0 Å². The molecule has 4 heteroatoms. The van der Waals surface area contributed by atoms with Crippen molar-refractivity contribution in [3.05, 3.63) is 68.0 Å². The summed E-state index contributed by atoms with van der Waals surface area (Å²) in [6.07, 6.45) is 5.91. The molecule has 3 rings (SSSR count). The van der Waals surface area contributed by atoms with Gasteiger partial charge in [-0.15, -0.1) is 0 Å². The molecule has 1 aliphatic carbocycles. The number of aromatic nitrogens is 2. The topological polar surface area (TPSA) is 44.0 Å². The fourth-order valence-corrected chi connectivity index (χ4v) is 3.02. The van der Waals surface area contributed by atoms with Gasteiger partial charge in [0.05, 0.1) is 6.54 Å². The van der Waals surface area contributed by atoms with Crippen molar-refractivity contribution >= 4 is 0 Å². The van der Waals surface area contributed by atoms with E-state index in [1.54, 1.807) is 10.8 Å². The number of benzene rings is 1. The van der Waals surface area contributed by atoms with Crippen molar-refractivity contribution < 1.29 is 0 Å². The molecular weight excluding hydrogens is 264 g/mol. The van der Waals surface area contributed by atoms with E-state index in [4.69, 9.17) is 0 Å². The van der Waals surface area contributed by atoms with E-state index >= 15 is 0 Å². The van der Waals surface area contributed by atoms with Crippen molar-refractivity contribution in [2.75, 3.05) is 0 Å². The van der Waals surface area contributed by atoms with Crippen molar-refractivity contribution in [1.82, 2.24) is 9.13 Å². The first-order chi connectivity index (χ1) is 10.2. The number of hydrogen-bond acceptors (Lipinski definition) is 2. The van der Waals surface area contributed by atoms with Gasteiger partial charge >= 0.3 is 5.69 Å². The van der Waals surface area contributed by atoms with Gasteiger partial charge in [0.1, 0.15) is 0 Å². The first kappa shape index (κ1) is 13.9. The first-order valence-electron chi connectivity index (χ1n) is 7.60. The Balaban J connectivity index is 1.96. The third kappa shape index (κ3) is 2.71. The second-order valence-electron chi connectivity index (χ2n) is 5.67. The molecule has 0 saturated carbocycles. The second kappa shape index (κ2) is 5.72. The average Bonchev–Trinajstić information content (AvgIpc) is 2.94. The standard InChI is InChI=1S/C17H20N2O2/c1-2-9-18-10-8-16(20)19(17(18)21)12-13-6-7-14-4-3-5-15(14)11-13/h6-8,10-11H,2-5,9,12H2,1H3. The number of fused-ring (bicyclic) bond motifs is 1. The van der Waals surface area contributed by atoms with E-state index in [2.05, 4.69) is 12.1 Å². The van der Waals surface area contributed by atoms with Crippen LogP contribution in [0.1, 0.15) is 36.5 Å². The number of rotatable bonds is 4. The molecule has 0 bridgehead atoms. The summed E-state index contributed by atoms with van der Waals surface area (Å²) in [6, 6.07) is 7.79. The van der Waals surface area contributed by atoms with Gasteiger partial charge in [0.15, 0.2) is 0 Å². The van der Waals surface area contributed by atoms with Gasteiger partial charge in [0.25, 0.3) is 5.56 Å². The summed E-state index contributed by atoms with van der Waals surface area (Å²) in [5.41, 5.74) is 3.36. The van der Waals surface area contributed by atoms with Gasteiger partial charge in [-0.1, -0.05) is 25.1 Å². The lowest BCUT2D eigenvalue weighted by Crippen LogP contribution is -2.39. The fraction of sp³-hybridized carbons (Fsp3) is 0.412. The van der Waals surface area contributed by atoms with E-state index in [0.29, 0.717) is 13.1 Å². The monoisotopic (exact) mass is 284 g/mol. The summed E-state index contributed by atoms with van der Waals surface area (Å²) in [5, 5.41) is 0. The molecule has 0 radical (unpaired) electrons. The van der Waals surface area contributed by atoms with Gasteiger partial charge in [-0.25, -0.2) is 4.79 Å². The van der Waals surface area contributed by atoms with Crippen LogP contribution in [0.3, 0.4) is 0 Å². The van der Waals surface area contributed by atoms with Crippen LogP contribution in [-0.2, 0) is 25.9 Å². The number of hydrogen-bond donors (Lipinski definition) is 0. The Hall–Kier alpha value is -2.10. The maximum atomic E-state index is 12.3. The van der Waals surface area contributed by atoms with Gasteiger partial charge in [-0.2, -0.15) is 0 Å². The fourth-order valence-electron chi connectivity index (χ4n) is 3.02. The Bertz CT molecular complexity index is 771. The average molecular weight is 284 g/mol. The number of aryl methyl sites for hydroxylation is 3. The van der Waals surface area contributed by atoms with Crippen LogP contribution in [0.5, 0.6) is 0 Å². The summed E-state index contributed by atoms with van der Waals surface area (Å²) in [6.45, 7) is 3.02. The van der Waals surface area contributed by atoms with Crippen molar-refractivity contribution in [2.45, 2.75) is 45.7 Å². The van der Waals surface area contributed by atoms with Gasteiger partial charge < -0.3 is 4.57 Å². The molecule has 0 fully saturated rings. The highest BCUT2D eigenvalue weighted by Crippen LogP contribution is 2.22. The van der Waals surface area contributed by atoms with E-state index in [-0.39, 0.29) is 11.2 Å². The minimum Gasteiger partial charge on any atom is -0.300 e. The zero-order valence-electron chi connectivity index (χ0n) is 12.3. The molecule has 21 heavy (non-hydrogen) atoms. The predicted octanol–water partition coefficient (Wildman–Crippen LogP) is 1.96. The summed E-state index contributed by atoms with van der Waals surface area (Å²) in [4.78, 5) is 24.3. The summed E-state index contributed by atoms with van der Waals surface area (Å²) < 4.78 is 2.93. The Kier molecular flexibility index (Phi) is 3.78. The largest absolute Gasteiger partial charge is 0.331 e. The zero-order chi connectivity index (χ0) is 14.8. The summed E-state index contributed by atoms with van der Waals surface area (Å²) in [5.74, 6) is 0. The molecule has 1 aliphatic rings. The van der Waals surface area contributed by atoms with E-state index < -0.39 is 0 Å². The third-order valence-electron chi connectivity index (χ3n) is 4.11. The third-order valence-corrected chi connectivity index (χ3v) is 4.11. The molecule has 0 amide bonds. The van der Waals surface area contributed by atoms with Crippen molar-refractivity contribution in [2.24, 2.45) is 0 Å². The Morgan fingerprint density at radius 3 is 2.71 bits per heavy atom. The minimum atomic E-state index is -0.229. The molecule has 1 aromatic heterocycles. The maximum Gasteiger partial charge on any atom is 0.331 e. The Morgan fingerprint density at radius 1 is 1.10 bits per heavy atom. The van der Waals surface area contributed by atoms with Gasteiger partial charge in [-0.3, -0.25) is 9.36 Å². The molecule has 0 aliphatic heterocycles. The van der Waals surface area contributed by atoms with Gasteiger partial charge in [0, 0.05) is 18.8 Å². The van der Waals surface area contributed by atoms with Crippen LogP contribution >= 0.6 is 0 Å². The SMILES string of the molecule is CCCn1ccc(=O)n(Cc2ccc3c(c2)CCC3)c1=O. The summed E-state index contributed by atoms with van der Waals surface area (Å²) >= 11 is 0. The van der Waals surface area contributed by atoms with Crippen LogP contribution in [-0.4, -0.2) is 9.13 Å². The van der Waals surface area contributed by atoms with Crippen molar-refractivity contribution in [3.8, 4) is 0 Å². The van der Waals surface area contributed by atoms with E-state index in [1.807, 2.05) is 13.0 Å². The molecule has 1 aromatic carbocycles. The first-order valence-corrected chi connectivity index (χ1v) is 7.60. The molecule has 0 N–H and O–H groups in total. The molecule has 2 aromatic rings. The Morgan fingerprint density at radius 2 is 1.90 bits per heavy atom. The molecule has 0 unspecified atom stereocenters. The van der Waals surface area contributed by atoms with Crippen LogP contribution in [0.25, 0.3) is 0 Å². The number of nitrogens with zero attached hydrogens (tertiary/aromatic N) is 2. The van der Waals surface area contributed by atoms with E-state index in [9.17, 15) is 9.59 Å². The highest BCUT2D eigenvalue weighted by atomic mass is 16.2. The summed E-state index contributed by atoms with van der Waals surface area (Å²) in [7, 11) is 0. The minimum absolute atomic E-state index is 0.218. The highest BCUT2D eigenvalue weighted by Gasteiger charge is 2.12. The van der Waals surface area contributed by atoms with E-state index in [1.165, 1.54) is 28.2 Å². The molecule has 4 nitrogen and oxygen atoms in total. The van der Waals surface area contributed by atoms with Gasteiger partial charge in [-0.05, 0) is 42.4 Å². The van der Waals surface area contributed by atoms with Crippen LogP contribution in [0.15, 0.2) is 40.1 Å². The lowest BCUT2D eigenvalue weighted by Gasteiger charge is -2.10. The molecule has 1 heterocycles. The van der Waals surface area contributed by atoms with Gasteiger partial charge in [0.2, 0.25) is 0 Å². The van der Waals surface area contributed by atoms with Crippen LogP contribution in [0.4, 0.5) is 0 Å². The molecule has 0 spiro atoms. The highest BCUT2D eigenvalue weighted by molar-refractivity contribution is 5.35. The van der Waals surface area contributed by atoms with E-state index in [0.717, 1.165) is 24.8 Å². The smallest absolute Gasteiger partial charge is 0.300 e. The second-order valence-corrected chi connectivity index (χ2v) is 5.67. The Labute approximate surface area is 123 Å². The van der Waals surface area contributed by atoms with Crippen molar-refractivity contribution in [3.63, 3.8) is 0 Å². The maximum absolute atomic E-state index is 12.3. The normalized spacial score (nSPS) is 13.4. The van der Waals surface area contributed by atoms with Crippen molar-refractivity contribution in [1.29, 1.82) is 0 Å². The zero-order valence-corrected chi connectivity index (χ0v) is 12.3. The molecule has 110 valence electrons. The molecule has 0 saturated heterocycles. The molecular formula is C17H20N2O2. The van der Waals surface area contributed by atoms with Crippen LogP contribution in [0, 0.1) is 0 Å². The lowest BCUT2D eigenvalue weighted by atomic mass is 10.1.